The third-order valence-electron chi connectivity index (χ3n) is 5.38. The first-order chi connectivity index (χ1) is 12.6. The lowest BCUT2D eigenvalue weighted by molar-refractivity contribution is -0.135. The summed E-state index contributed by atoms with van der Waals surface area (Å²) in [6, 6.07) is 5.37. The number of alkyl halides is 2. The van der Waals surface area contributed by atoms with Gasteiger partial charge in [0.05, 0.1) is 5.56 Å². The van der Waals surface area contributed by atoms with Gasteiger partial charge in [-0.1, -0.05) is 20.8 Å². The second-order valence-corrected chi connectivity index (χ2v) is 8.71. The van der Waals surface area contributed by atoms with E-state index in [1.165, 1.54) is 24.3 Å². The second-order valence-electron chi connectivity index (χ2n) is 8.71. The molecule has 0 aromatic heterocycles. The van der Waals surface area contributed by atoms with Gasteiger partial charge in [0.2, 0.25) is 0 Å². The number of fused-ring (bicyclic) bond motifs is 2. The number of nitrogens with zero attached hydrogens (tertiary/aromatic N) is 1. The molecule has 3 rings (SSSR count). The summed E-state index contributed by atoms with van der Waals surface area (Å²) in [6.45, 7) is 4.12. The maximum Gasteiger partial charge on any atom is 0.387 e. The number of hydrogen-bond acceptors (Lipinski definition) is 4. The van der Waals surface area contributed by atoms with Gasteiger partial charge in [0.25, 0.3) is 5.91 Å². The van der Waals surface area contributed by atoms with Crippen LogP contribution in [0.15, 0.2) is 24.3 Å². The molecule has 1 aliphatic heterocycles. The van der Waals surface area contributed by atoms with E-state index in [-0.39, 0.29) is 40.7 Å². The molecule has 1 saturated heterocycles. The molecule has 1 aromatic carbocycles. The molecule has 2 bridgehead atoms. The Balaban J connectivity index is 1.55. The van der Waals surface area contributed by atoms with Gasteiger partial charge < -0.3 is 14.4 Å². The van der Waals surface area contributed by atoms with Crippen LogP contribution < -0.4 is 4.74 Å². The standard InChI is InChI=1S/C20H25F2NO4/c1-19(2)8-14-9-20(3,11-19)12-23(14)16(24)10-26-17(25)13-4-6-15(7-5-13)27-18(21)22/h4-7,14,18H,8-12H2,1-3H3/t14-,20+/m0/s1. The van der Waals surface area contributed by atoms with Crippen molar-refractivity contribution in [3.63, 3.8) is 0 Å². The molecule has 2 atom stereocenters. The van der Waals surface area contributed by atoms with Gasteiger partial charge in [-0.25, -0.2) is 4.79 Å². The summed E-state index contributed by atoms with van der Waals surface area (Å²) in [7, 11) is 0. The quantitative estimate of drug-likeness (QED) is 0.727. The van der Waals surface area contributed by atoms with Crippen molar-refractivity contribution < 1.29 is 27.8 Å². The Bertz CT molecular complexity index is 719. The van der Waals surface area contributed by atoms with E-state index in [9.17, 15) is 18.4 Å². The molecule has 0 unspecified atom stereocenters. The zero-order chi connectivity index (χ0) is 19.8. The molecule has 0 N–H and O–H groups in total. The predicted octanol–water partition coefficient (Wildman–Crippen LogP) is 3.87. The highest BCUT2D eigenvalue weighted by atomic mass is 19.3. The molecule has 0 radical (unpaired) electrons. The largest absolute Gasteiger partial charge is 0.452 e. The molecular weight excluding hydrogens is 356 g/mol. The van der Waals surface area contributed by atoms with Crippen molar-refractivity contribution in [1.82, 2.24) is 4.90 Å². The van der Waals surface area contributed by atoms with Crippen LogP contribution in [0.2, 0.25) is 0 Å². The Hall–Kier alpha value is -2.18. The van der Waals surface area contributed by atoms with Gasteiger partial charge in [-0.15, -0.1) is 0 Å². The average molecular weight is 381 g/mol. The van der Waals surface area contributed by atoms with Crippen LogP contribution >= 0.6 is 0 Å². The molecule has 5 nitrogen and oxygen atoms in total. The summed E-state index contributed by atoms with van der Waals surface area (Å²) in [5.41, 5.74) is 0.496. The van der Waals surface area contributed by atoms with E-state index >= 15 is 0 Å². The van der Waals surface area contributed by atoms with Crippen molar-refractivity contribution >= 4 is 11.9 Å². The number of halogens is 2. The van der Waals surface area contributed by atoms with Crippen molar-refractivity contribution in [3.8, 4) is 5.75 Å². The summed E-state index contributed by atoms with van der Waals surface area (Å²) < 4.78 is 33.7. The third-order valence-corrected chi connectivity index (χ3v) is 5.38. The lowest BCUT2D eigenvalue weighted by Gasteiger charge is -2.39. The first kappa shape index (κ1) is 19.6. The third kappa shape index (κ3) is 4.57. The molecule has 1 saturated carbocycles. The molecule has 148 valence electrons. The van der Waals surface area contributed by atoms with E-state index in [1.54, 1.807) is 0 Å². The minimum Gasteiger partial charge on any atom is -0.452 e. The highest BCUT2D eigenvalue weighted by molar-refractivity contribution is 5.91. The molecule has 2 aliphatic rings. The van der Waals surface area contributed by atoms with Gasteiger partial charge in [0.15, 0.2) is 6.61 Å². The molecule has 1 heterocycles. The van der Waals surface area contributed by atoms with Gasteiger partial charge in [-0.3, -0.25) is 4.79 Å². The highest BCUT2D eigenvalue weighted by Gasteiger charge is 2.50. The molecule has 1 amide bonds. The molecular formula is C20H25F2NO4. The number of amides is 1. The zero-order valence-electron chi connectivity index (χ0n) is 15.8. The second kappa shape index (κ2) is 7.09. The van der Waals surface area contributed by atoms with Crippen LogP contribution in [-0.4, -0.2) is 42.6 Å². The highest BCUT2D eigenvalue weighted by Crippen LogP contribution is 2.52. The maximum absolute atomic E-state index is 12.6. The smallest absolute Gasteiger partial charge is 0.387 e. The van der Waals surface area contributed by atoms with E-state index in [0.29, 0.717) is 6.54 Å². The van der Waals surface area contributed by atoms with Crippen molar-refractivity contribution in [2.45, 2.75) is 52.7 Å². The van der Waals surface area contributed by atoms with Crippen LogP contribution in [0, 0.1) is 10.8 Å². The Morgan fingerprint density at radius 2 is 1.85 bits per heavy atom. The van der Waals surface area contributed by atoms with E-state index < -0.39 is 12.6 Å². The van der Waals surface area contributed by atoms with Gasteiger partial charge in [0, 0.05) is 12.6 Å². The first-order valence-electron chi connectivity index (χ1n) is 9.08. The van der Waals surface area contributed by atoms with E-state index in [2.05, 4.69) is 25.5 Å². The number of carbonyl (C=O) groups is 2. The number of rotatable bonds is 5. The van der Waals surface area contributed by atoms with Gasteiger partial charge in [0.1, 0.15) is 5.75 Å². The fraction of sp³-hybridized carbons (Fsp3) is 0.600. The van der Waals surface area contributed by atoms with Gasteiger partial charge in [-0.05, 0) is 54.4 Å². The minimum absolute atomic E-state index is 0.0437. The van der Waals surface area contributed by atoms with Crippen LogP contribution in [0.1, 0.15) is 50.4 Å². The molecule has 7 heteroatoms. The normalized spacial score (nSPS) is 26.1. The van der Waals surface area contributed by atoms with Crippen LogP contribution in [0.5, 0.6) is 5.75 Å². The van der Waals surface area contributed by atoms with Crippen LogP contribution in [0.4, 0.5) is 8.78 Å². The summed E-state index contributed by atoms with van der Waals surface area (Å²) in [5.74, 6) is -0.897. The van der Waals surface area contributed by atoms with Crippen molar-refractivity contribution in [1.29, 1.82) is 0 Å². The number of esters is 1. The molecule has 27 heavy (non-hydrogen) atoms. The molecule has 2 fully saturated rings. The number of hydrogen-bond donors (Lipinski definition) is 0. The Labute approximate surface area is 157 Å². The Morgan fingerprint density at radius 1 is 1.19 bits per heavy atom. The Kier molecular flexibility index (Phi) is 5.14. The van der Waals surface area contributed by atoms with Crippen LogP contribution in [0.3, 0.4) is 0 Å². The van der Waals surface area contributed by atoms with Gasteiger partial charge >= 0.3 is 12.6 Å². The monoisotopic (exact) mass is 381 g/mol. The SMILES string of the molecule is CC1(C)C[C@H]2C[C@@](C)(CN2C(=O)COC(=O)c2ccc(OC(F)F)cc2)C1. The van der Waals surface area contributed by atoms with Crippen molar-refractivity contribution in [2.75, 3.05) is 13.2 Å². The summed E-state index contributed by atoms with van der Waals surface area (Å²) in [6.07, 6.45) is 3.02. The van der Waals surface area contributed by atoms with Crippen LogP contribution in [0.25, 0.3) is 0 Å². The average Bonchev–Trinajstić information content (AvgIpc) is 2.81. The zero-order valence-corrected chi connectivity index (χ0v) is 15.8. The lowest BCUT2D eigenvalue weighted by atomic mass is 9.65. The van der Waals surface area contributed by atoms with Crippen molar-refractivity contribution in [2.24, 2.45) is 10.8 Å². The maximum atomic E-state index is 12.6. The van der Waals surface area contributed by atoms with E-state index in [1.807, 2.05) is 4.90 Å². The lowest BCUT2D eigenvalue weighted by Crippen LogP contribution is -2.39. The van der Waals surface area contributed by atoms with E-state index in [0.717, 1.165) is 19.3 Å². The fourth-order valence-electron chi connectivity index (χ4n) is 4.82. The molecule has 1 aromatic rings. The van der Waals surface area contributed by atoms with Gasteiger partial charge in [-0.2, -0.15) is 8.78 Å². The number of carbonyl (C=O) groups excluding carboxylic acids is 2. The Morgan fingerprint density at radius 3 is 2.48 bits per heavy atom. The summed E-state index contributed by atoms with van der Waals surface area (Å²) in [4.78, 5) is 26.6. The summed E-state index contributed by atoms with van der Waals surface area (Å²) >= 11 is 0. The fourth-order valence-corrected chi connectivity index (χ4v) is 4.82. The number of likely N-dealkylation sites (tertiary alicyclic amines) is 1. The predicted molar refractivity (Wildman–Crippen MR) is 94.6 cm³/mol. The van der Waals surface area contributed by atoms with Crippen LogP contribution in [-0.2, 0) is 9.53 Å². The topological polar surface area (TPSA) is 55.8 Å². The van der Waals surface area contributed by atoms with Crippen molar-refractivity contribution in [3.05, 3.63) is 29.8 Å². The minimum atomic E-state index is -2.92. The first-order valence-corrected chi connectivity index (χ1v) is 9.08. The molecule has 1 aliphatic carbocycles. The molecule has 0 spiro atoms. The van der Waals surface area contributed by atoms with E-state index in [4.69, 9.17) is 4.74 Å². The number of ether oxygens (including phenoxy) is 2. The number of benzene rings is 1. The summed E-state index contributed by atoms with van der Waals surface area (Å²) in [5, 5.41) is 0.